The first-order chi connectivity index (χ1) is 12.6. The number of carbonyl (C=O) groups excluding carboxylic acids is 1. The fourth-order valence-corrected chi connectivity index (χ4v) is 4.73. The van der Waals surface area contributed by atoms with Gasteiger partial charge in [0.15, 0.2) is 5.78 Å². The molecule has 0 saturated carbocycles. The maximum Gasteiger partial charge on any atom is 0.196 e. The molecule has 1 aliphatic rings. The molecule has 0 spiro atoms. The third-order valence-electron chi connectivity index (χ3n) is 4.75. The number of thiophene rings is 1. The number of carbonyl (C=O) groups is 1. The molecule has 26 heavy (non-hydrogen) atoms. The maximum atomic E-state index is 13.0. The van der Waals surface area contributed by atoms with Crippen LogP contribution in [0.25, 0.3) is 0 Å². The lowest BCUT2D eigenvalue weighted by Gasteiger charge is -2.27. The minimum Gasteiger partial charge on any atom is -0.390 e. The molecule has 0 amide bonds. The third-order valence-corrected chi connectivity index (χ3v) is 6.04. The molecule has 0 bridgehead atoms. The Morgan fingerprint density at radius 3 is 2.58 bits per heavy atom. The molecule has 3 aromatic rings. The Labute approximate surface area is 162 Å². The van der Waals surface area contributed by atoms with Crippen molar-refractivity contribution in [3.63, 3.8) is 0 Å². The molecule has 2 heterocycles. The van der Waals surface area contributed by atoms with E-state index in [2.05, 4.69) is 29.2 Å². The number of hydrogen-bond donors (Lipinski definition) is 1. The zero-order valence-electron chi connectivity index (χ0n) is 14.2. The highest BCUT2D eigenvalue weighted by atomic mass is 35.5. The molecule has 0 saturated heterocycles. The SMILES string of the molecule is Nc1sc2c(c1C(=O)c1ccc(Cl)cc1)CCN(Cc1ccccc1)C2. The van der Waals surface area contributed by atoms with Crippen LogP contribution in [-0.2, 0) is 19.5 Å². The van der Waals surface area contributed by atoms with Crippen molar-refractivity contribution in [2.24, 2.45) is 0 Å². The molecular formula is C21H19ClN2OS. The van der Waals surface area contributed by atoms with Crippen molar-refractivity contribution < 1.29 is 4.79 Å². The van der Waals surface area contributed by atoms with E-state index in [9.17, 15) is 4.79 Å². The minimum atomic E-state index is -0.00632. The number of benzene rings is 2. The summed E-state index contributed by atoms with van der Waals surface area (Å²) in [6, 6.07) is 17.5. The summed E-state index contributed by atoms with van der Waals surface area (Å²) in [7, 11) is 0. The van der Waals surface area contributed by atoms with Crippen LogP contribution in [0.5, 0.6) is 0 Å². The van der Waals surface area contributed by atoms with E-state index in [4.69, 9.17) is 17.3 Å². The van der Waals surface area contributed by atoms with Crippen molar-refractivity contribution in [1.29, 1.82) is 0 Å². The Morgan fingerprint density at radius 1 is 1.12 bits per heavy atom. The van der Waals surface area contributed by atoms with Crippen molar-refractivity contribution in [2.75, 3.05) is 12.3 Å². The molecule has 1 aromatic heterocycles. The van der Waals surface area contributed by atoms with Crippen LogP contribution < -0.4 is 5.73 Å². The fraction of sp³-hybridized carbons (Fsp3) is 0.190. The van der Waals surface area contributed by atoms with Gasteiger partial charge < -0.3 is 5.73 Å². The molecule has 5 heteroatoms. The van der Waals surface area contributed by atoms with Crippen molar-refractivity contribution in [3.05, 3.63) is 86.8 Å². The van der Waals surface area contributed by atoms with Gasteiger partial charge in [-0.05, 0) is 41.8 Å². The molecule has 0 atom stereocenters. The standard InChI is InChI=1S/C21H19ClN2OS/c22-16-8-6-15(7-9-16)20(25)19-17-10-11-24(13-18(17)26-21(19)23)12-14-4-2-1-3-5-14/h1-9H,10-13,23H2. The molecule has 0 fully saturated rings. The lowest BCUT2D eigenvalue weighted by molar-refractivity contribution is 0.103. The molecule has 4 rings (SSSR count). The number of hydrogen-bond acceptors (Lipinski definition) is 4. The van der Waals surface area contributed by atoms with Gasteiger partial charge in [-0.3, -0.25) is 9.69 Å². The maximum absolute atomic E-state index is 13.0. The van der Waals surface area contributed by atoms with Crippen molar-refractivity contribution in [1.82, 2.24) is 4.90 Å². The van der Waals surface area contributed by atoms with Gasteiger partial charge in [-0.25, -0.2) is 0 Å². The Bertz CT molecular complexity index is 935. The third kappa shape index (κ3) is 3.40. The van der Waals surface area contributed by atoms with Crippen molar-refractivity contribution >= 4 is 33.7 Å². The molecule has 0 radical (unpaired) electrons. The first kappa shape index (κ1) is 17.3. The van der Waals surface area contributed by atoms with Gasteiger partial charge in [-0.2, -0.15) is 0 Å². The number of nitrogen functional groups attached to an aromatic ring is 1. The first-order valence-electron chi connectivity index (χ1n) is 8.58. The van der Waals surface area contributed by atoms with Crippen molar-refractivity contribution in [2.45, 2.75) is 19.5 Å². The van der Waals surface area contributed by atoms with E-state index in [0.717, 1.165) is 31.6 Å². The number of anilines is 1. The molecular weight excluding hydrogens is 364 g/mol. The number of nitrogens with zero attached hydrogens (tertiary/aromatic N) is 1. The van der Waals surface area contributed by atoms with Gasteiger partial charge in [0, 0.05) is 35.1 Å². The predicted octanol–water partition coefficient (Wildman–Crippen LogP) is 4.77. The summed E-state index contributed by atoms with van der Waals surface area (Å²) in [4.78, 5) is 16.6. The highest BCUT2D eigenvalue weighted by molar-refractivity contribution is 7.16. The van der Waals surface area contributed by atoms with E-state index in [1.807, 2.05) is 6.07 Å². The summed E-state index contributed by atoms with van der Waals surface area (Å²) < 4.78 is 0. The normalized spacial score (nSPS) is 14.2. The molecule has 2 N–H and O–H groups in total. The minimum absolute atomic E-state index is 0.00632. The summed E-state index contributed by atoms with van der Waals surface area (Å²) >= 11 is 7.48. The number of fused-ring (bicyclic) bond motifs is 1. The van der Waals surface area contributed by atoms with Gasteiger partial charge in [-0.1, -0.05) is 41.9 Å². The summed E-state index contributed by atoms with van der Waals surface area (Å²) in [5.74, 6) is -0.00632. The topological polar surface area (TPSA) is 46.3 Å². The highest BCUT2D eigenvalue weighted by Crippen LogP contribution is 2.37. The van der Waals surface area contributed by atoms with Gasteiger partial charge in [-0.15, -0.1) is 11.3 Å². The van der Waals surface area contributed by atoms with E-state index >= 15 is 0 Å². The number of rotatable bonds is 4. The van der Waals surface area contributed by atoms with Crippen LogP contribution in [-0.4, -0.2) is 17.2 Å². The second-order valence-electron chi connectivity index (χ2n) is 6.53. The van der Waals surface area contributed by atoms with Crippen LogP contribution in [0.15, 0.2) is 54.6 Å². The van der Waals surface area contributed by atoms with E-state index in [1.165, 1.54) is 10.4 Å². The number of ketones is 1. The van der Waals surface area contributed by atoms with Crippen LogP contribution in [0.4, 0.5) is 5.00 Å². The van der Waals surface area contributed by atoms with Gasteiger partial charge in [0.25, 0.3) is 0 Å². The molecule has 2 aromatic carbocycles. The largest absolute Gasteiger partial charge is 0.390 e. The fourth-order valence-electron chi connectivity index (χ4n) is 3.45. The Morgan fingerprint density at radius 2 is 1.85 bits per heavy atom. The summed E-state index contributed by atoms with van der Waals surface area (Å²) in [6.45, 7) is 2.69. The summed E-state index contributed by atoms with van der Waals surface area (Å²) in [5.41, 5.74) is 9.99. The van der Waals surface area contributed by atoms with E-state index in [1.54, 1.807) is 35.6 Å². The Hall–Kier alpha value is -2.14. The second-order valence-corrected chi connectivity index (χ2v) is 8.10. The zero-order valence-corrected chi connectivity index (χ0v) is 15.8. The van der Waals surface area contributed by atoms with Crippen LogP contribution in [0.1, 0.15) is 31.9 Å². The van der Waals surface area contributed by atoms with Crippen LogP contribution >= 0.6 is 22.9 Å². The van der Waals surface area contributed by atoms with Crippen LogP contribution in [0, 0.1) is 0 Å². The molecule has 3 nitrogen and oxygen atoms in total. The number of nitrogens with two attached hydrogens (primary N) is 1. The lowest BCUT2D eigenvalue weighted by Crippen LogP contribution is -2.29. The lowest BCUT2D eigenvalue weighted by atomic mass is 9.96. The van der Waals surface area contributed by atoms with E-state index in [0.29, 0.717) is 21.2 Å². The van der Waals surface area contributed by atoms with E-state index < -0.39 is 0 Å². The summed E-state index contributed by atoms with van der Waals surface area (Å²) in [6.07, 6.45) is 0.852. The average Bonchev–Trinajstić information content (AvgIpc) is 2.97. The Kier molecular flexibility index (Phi) is 4.81. The van der Waals surface area contributed by atoms with Gasteiger partial charge in [0.1, 0.15) is 0 Å². The quantitative estimate of drug-likeness (QED) is 0.661. The number of halogens is 1. The first-order valence-corrected chi connectivity index (χ1v) is 9.78. The van der Waals surface area contributed by atoms with E-state index in [-0.39, 0.29) is 5.78 Å². The smallest absolute Gasteiger partial charge is 0.196 e. The molecule has 0 unspecified atom stereocenters. The van der Waals surface area contributed by atoms with Crippen molar-refractivity contribution in [3.8, 4) is 0 Å². The molecule has 0 aliphatic carbocycles. The monoisotopic (exact) mass is 382 g/mol. The second kappa shape index (κ2) is 7.23. The average molecular weight is 383 g/mol. The molecule has 1 aliphatic heterocycles. The predicted molar refractivity (Wildman–Crippen MR) is 108 cm³/mol. The zero-order chi connectivity index (χ0) is 18.1. The van der Waals surface area contributed by atoms with Gasteiger partial charge in [0.2, 0.25) is 0 Å². The van der Waals surface area contributed by atoms with Crippen LogP contribution in [0.3, 0.4) is 0 Å². The van der Waals surface area contributed by atoms with Gasteiger partial charge >= 0.3 is 0 Å². The Balaban J connectivity index is 1.57. The van der Waals surface area contributed by atoms with Gasteiger partial charge in [0.05, 0.1) is 10.6 Å². The molecule has 132 valence electrons. The highest BCUT2D eigenvalue weighted by Gasteiger charge is 2.27. The van der Waals surface area contributed by atoms with Crippen LogP contribution in [0.2, 0.25) is 5.02 Å². The summed E-state index contributed by atoms with van der Waals surface area (Å²) in [5, 5.41) is 1.25.